The maximum Gasteiger partial charge on any atom is 0.196 e. The van der Waals surface area contributed by atoms with Gasteiger partial charge < -0.3 is 14.6 Å². The summed E-state index contributed by atoms with van der Waals surface area (Å²) in [4.78, 5) is 14.8. The Morgan fingerprint density at radius 2 is 2.21 bits per heavy atom. The monoisotopic (exact) mass is 349 g/mol. The van der Waals surface area contributed by atoms with Gasteiger partial charge >= 0.3 is 0 Å². The second-order valence-electron chi connectivity index (χ2n) is 7.11. The number of benzene rings is 1. The van der Waals surface area contributed by atoms with Crippen molar-refractivity contribution in [2.45, 2.75) is 36.0 Å². The average Bonchev–Trinajstić information content (AvgIpc) is 2.90. The number of carbonyl (C=O) groups is 1. The topological polar surface area (TPSA) is 59.0 Å². The van der Waals surface area contributed by atoms with Gasteiger partial charge in [0, 0.05) is 11.6 Å². The third-order valence-corrected chi connectivity index (χ3v) is 6.34. The van der Waals surface area contributed by atoms with Gasteiger partial charge in [-0.25, -0.2) is 0 Å². The van der Waals surface area contributed by atoms with E-state index < -0.39 is 17.1 Å². The van der Waals surface area contributed by atoms with E-state index in [9.17, 15) is 9.90 Å². The molecule has 0 unspecified atom stereocenters. The first-order chi connectivity index (χ1) is 11.0. The molecule has 1 aromatic rings. The molecule has 1 N–H and O–H groups in total. The van der Waals surface area contributed by atoms with Crippen LogP contribution in [0.1, 0.15) is 17.5 Å². The number of ketones is 1. The normalized spacial score (nSPS) is 38.2. The molecule has 5 nitrogen and oxygen atoms in total. The van der Waals surface area contributed by atoms with Gasteiger partial charge in [0.1, 0.15) is 5.60 Å². The van der Waals surface area contributed by atoms with Gasteiger partial charge in [0.05, 0.1) is 12.5 Å². The summed E-state index contributed by atoms with van der Waals surface area (Å²) in [7, 11) is 3.65. The molecule has 24 heavy (non-hydrogen) atoms. The number of hydrogen-bond acceptors (Lipinski definition) is 5. The highest BCUT2D eigenvalue weighted by atomic mass is 35.5. The predicted octanol–water partition coefficient (Wildman–Crippen LogP) is 1.25. The third-order valence-electron chi connectivity index (χ3n) is 6.34. The molecule has 6 heteroatoms. The fourth-order valence-electron chi connectivity index (χ4n) is 5.28. The quantitative estimate of drug-likeness (QED) is 0.827. The lowest BCUT2D eigenvalue weighted by atomic mass is 9.51. The van der Waals surface area contributed by atoms with Crippen LogP contribution in [0.3, 0.4) is 0 Å². The van der Waals surface area contributed by atoms with Crippen LogP contribution in [0.25, 0.3) is 0 Å². The summed E-state index contributed by atoms with van der Waals surface area (Å²) in [5, 5.41) is 11.7. The number of ether oxygens (including phenoxy) is 2. The van der Waals surface area contributed by atoms with Crippen LogP contribution in [-0.2, 0) is 16.6 Å². The molecule has 0 radical (unpaired) electrons. The number of carbonyl (C=O) groups excluding carboxylic acids is 1. The van der Waals surface area contributed by atoms with Crippen molar-refractivity contribution in [3.05, 3.63) is 35.4 Å². The highest BCUT2D eigenvalue weighted by Crippen LogP contribution is 2.63. The first kappa shape index (κ1) is 15.9. The van der Waals surface area contributed by atoms with Gasteiger partial charge in [0.25, 0.3) is 0 Å². The molecule has 4 aliphatic rings. The number of methoxy groups -OCH3 is 1. The van der Waals surface area contributed by atoms with Gasteiger partial charge in [-0.1, -0.05) is 6.07 Å². The van der Waals surface area contributed by atoms with Crippen LogP contribution in [0.4, 0.5) is 0 Å². The van der Waals surface area contributed by atoms with Crippen molar-refractivity contribution in [3.8, 4) is 11.5 Å². The standard InChI is InChI=1S/C18H19NO4.ClH/c1-19-8-7-17-14-10-3-4-12(22-2)15(14)23-16(17)11(20)5-6-18(17,21)13(19)9-10;/h3-6,13,16,21H,7-9H2,1-2H3;1H/t13-,16+,17+,18-;/m1./s1. The SMILES string of the molecule is COc1ccc2c3c1O[C@H]1C(=O)C=C[C@@]4(O)[C@@H](C2)N(C)CC[C@]314.Cl. The van der Waals surface area contributed by atoms with E-state index in [1.165, 1.54) is 6.08 Å². The van der Waals surface area contributed by atoms with Gasteiger partial charge in [0.2, 0.25) is 0 Å². The van der Waals surface area contributed by atoms with Crippen molar-refractivity contribution < 1.29 is 19.4 Å². The van der Waals surface area contributed by atoms with E-state index >= 15 is 0 Å². The van der Waals surface area contributed by atoms with Crippen LogP contribution in [0.2, 0.25) is 0 Å². The maximum absolute atomic E-state index is 12.6. The summed E-state index contributed by atoms with van der Waals surface area (Å²) >= 11 is 0. The van der Waals surface area contributed by atoms with Crippen LogP contribution in [0.5, 0.6) is 11.5 Å². The lowest BCUT2D eigenvalue weighted by Crippen LogP contribution is -2.74. The first-order valence-corrected chi connectivity index (χ1v) is 8.05. The van der Waals surface area contributed by atoms with E-state index in [1.54, 1.807) is 13.2 Å². The van der Waals surface area contributed by atoms with Crippen LogP contribution in [-0.4, -0.2) is 54.2 Å². The molecule has 0 saturated carbocycles. The minimum absolute atomic E-state index is 0. The Morgan fingerprint density at radius 3 is 2.96 bits per heavy atom. The van der Waals surface area contributed by atoms with E-state index in [0.717, 1.165) is 24.1 Å². The fourth-order valence-corrected chi connectivity index (χ4v) is 5.28. The van der Waals surface area contributed by atoms with Crippen molar-refractivity contribution in [1.82, 2.24) is 4.90 Å². The summed E-state index contributed by atoms with van der Waals surface area (Å²) in [6.07, 6.45) is 4.00. The Morgan fingerprint density at radius 1 is 1.42 bits per heavy atom. The smallest absolute Gasteiger partial charge is 0.196 e. The summed E-state index contributed by atoms with van der Waals surface area (Å²) in [6.45, 7) is 0.837. The zero-order chi connectivity index (χ0) is 16.0. The Balaban J connectivity index is 0.00000146. The molecule has 5 rings (SSSR count). The van der Waals surface area contributed by atoms with E-state index in [2.05, 4.69) is 11.0 Å². The molecular formula is C18H20ClNO4. The van der Waals surface area contributed by atoms with Gasteiger partial charge in [0.15, 0.2) is 23.4 Å². The second-order valence-corrected chi connectivity index (χ2v) is 7.11. The van der Waals surface area contributed by atoms with Crippen molar-refractivity contribution in [1.29, 1.82) is 0 Å². The van der Waals surface area contributed by atoms with Gasteiger partial charge in [-0.15, -0.1) is 12.4 Å². The molecule has 2 aliphatic carbocycles. The lowest BCUT2D eigenvalue weighted by molar-refractivity contribution is -0.151. The number of likely N-dealkylation sites (N-methyl/N-ethyl adjacent to an activating group) is 1. The highest BCUT2D eigenvalue weighted by Gasteiger charge is 2.71. The predicted molar refractivity (Wildman–Crippen MR) is 90.2 cm³/mol. The molecule has 1 saturated heterocycles. The summed E-state index contributed by atoms with van der Waals surface area (Å²) in [5.74, 6) is 1.22. The number of aliphatic hydroxyl groups is 1. The molecule has 4 atom stereocenters. The van der Waals surface area contributed by atoms with Crippen molar-refractivity contribution in [3.63, 3.8) is 0 Å². The Bertz CT molecular complexity index is 779. The number of likely N-dealkylation sites (tertiary alicyclic amines) is 1. The Hall–Kier alpha value is -1.56. The van der Waals surface area contributed by atoms with Crippen molar-refractivity contribution in [2.75, 3.05) is 20.7 Å². The van der Waals surface area contributed by atoms with Crippen LogP contribution in [0.15, 0.2) is 24.3 Å². The van der Waals surface area contributed by atoms with E-state index in [1.807, 2.05) is 13.1 Å². The molecule has 128 valence electrons. The fraction of sp³-hybridized carbons (Fsp3) is 0.500. The Labute approximate surface area is 146 Å². The molecule has 1 fully saturated rings. The Kier molecular flexibility index (Phi) is 3.15. The zero-order valence-electron chi connectivity index (χ0n) is 13.6. The summed E-state index contributed by atoms with van der Waals surface area (Å²) < 4.78 is 11.6. The largest absolute Gasteiger partial charge is 0.493 e. The lowest BCUT2D eigenvalue weighted by Gasteiger charge is -2.60. The molecule has 2 bridgehead atoms. The molecule has 2 aliphatic heterocycles. The summed E-state index contributed by atoms with van der Waals surface area (Å²) in [5.41, 5.74) is 0.385. The van der Waals surface area contributed by atoms with Crippen LogP contribution in [0, 0.1) is 0 Å². The molecular weight excluding hydrogens is 330 g/mol. The number of piperidine rings is 1. The van der Waals surface area contributed by atoms with E-state index in [-0.39, 0.29) is 24.2 Å². The van der Waals surface area contributed by atoms with Crippen molar-refractivity contribution >= 4 is 18.2 Å². The molecule has 2 heterocycles. The van der Waals surface area contributed by atoms with Gasteiger partial charge in [-0.05, 0) is 50.2 Å². The van der Waals surface area contributed by atoms with Crippen LogP contribution < -0.4 is 9.47 Å². The number of rotatable bonds is 1. The molecule has 1 spiro atoms. The number of halogens is 1. The first-order valence-electron chi connectivity index (χ1n) is 8.05. The zero-order valence-corrected chi connectivity index (χ0v) is 14.4. The van der Waals surface area contributed by atoms with E-state index in [0.29, 0.717) is 17.9 Å². The second kappa shape index (κ2) is 4.75. The molecule has 0 aromatic heterocycles. The average molecular weight is 350 g/mol. The third kappa shape index (κ3) is 1.47. The molecule has 1 aromatic carbocycles. The highest BCUT2D eigenvalue weighted by molar-refractivity contribution is 5.99. The number of hydrogen-bond donors (Lipinski definition) is 1. The van der Waals surface area contributed by atoms with Gasteiger partial charge in [-0.2, -0.15) is 0 Å². The van der Waals surface area contributed by atoms with Crippen molar-refractivity contribution in [2.24, 2.45) is 0 Å². The minimum Gasteiger partial charge on any atom is -0.493 e. The minimum atomic E-state index is -1.08. The van der Waals surface area contributed by atoms with E-state index in [4.69, 9.17) is 9.47 Å². The summed E-state index contributed by atoms with van der Waals surface area (Å²) in [6, 6.07) is 3.92. The maximum atomic E-state index is 12.6. The number of nitrogens with zero attached hydrogens (tertiary/aromatic N) is 1. The molecule has 0 amide bonds. The van der Waals surface area contributed by atoms with Crippen LogP contribution >= 0.6 is 12.4 Å². The van der Waals surface area contributed by atoms with Gasteiger partial charge in [-0.3, -0.25) is 9.69 Å².